The van der Waals surface area contributed by atoms with Crippen LogP contribution in [0.15, 0.2) is 49.0 Å². The van der Waals surface area contributed by atoms with Crippen LogP contribution in [0.2, 0.25) is 0 Å². The fourth-order valence-corrected chi connectivity index (χ4v) is 2.03. The van der Waals surface area contributed by atoms with Gasteiger partial charge in [0, 0.05) is 5.56 Å². The average molecular weight is 252 g/mol. The van der Waals surface area contributed by atoms with E-state index >= 15 is 0 Å². The second-order valence-electron chi connectivity index (χ2n) is 5.00. The van der Waals surface area contributed by atoms with Crippen molar-refractivity contribution in [2.45, 2.75) is 27.4 Å². The molecule has 0 heterocycles. The van der Waals surface area contributed by atoms with E-state index in [4.69, 9.17) is 4.74 Å². The molecule has 0 aromatic heterocycles. The van der Waals surface area contributed by atoms with Crippen molar-refractivity contribution in [1.82, 2.24) is 0 Å². The van der Waals surface area contributed by atoms with Crippen LogP contribution in [0.25, 0.3) is 5.57 Å². The van der Waals surface area contributed by atoms with Crippen molar-refractivity contribution >= 4 is 5.57 Å². The fraction of sp³-hybridized carbons (Fsp3) is 0.222. The van der Waals surface area contributed by atoms with Crippen molar-refractivity contribution in [2.75, 3.05) is 0 Å². The molecule has 2 aromatic rings. The van der Waals surface area contributed by atoms with E-state index in [1.54, 1.807) is 0 Å². The minimum absolute atomic E-state index is 0.593. The molecule has 0 atom stereocenters. The van der Waals surface area contributed by atoms with Gasteiger partial charge in [-0.2, -0.15) is 0 Å². The Bertz CT molecular complexity index is 596. The zero-order chi connectivity index (χ0) is 13.8. The van der Waals surface area contributed by atoms with Crippen LogP contribution in [-0.4, -0.2) is 0 Å². The molecule has 0 unspecified atom stereocenters. The Kier molecular flexibility index (Phi) is 4.06. The molecule has 0 aliphatic heterocycles. The van der Waals surface area contributed by atoms with Crippen LogP contribution >= 0.6 is 0 Å². The molecule has 0 aliphatic rings. The summed E-state index contributed by atoms with van der Waals surface area (Å²) in [5.41, 5.74) is 5.82. The van der Waals surface area contributed by atoms with Crippen molar-refractivity contribution in [3.63, 3.8) is 0 Å². The van der Waals surface area contributed by atoms with Gasteiger partial charge in [-0.1, -0.05) is 42.5 Å². The first kappa shape index (κ1) is 13.4. The monoisotopic (exact) mass is 252 g/mol. The van der Waals surface area contributed by atoms with Crippen molar-refractivity contribution in [3.8, 4) is 5.75 Å². The van der Waals surface area contributed by atoms with E-state index in [1.165, 1.54) is 16.7 Å². The lowest BCUT2D eigenvalue weighted by atomic mass is 10.0. The average Bonchev–Trinajstić information content (AvgIpc) is 2.38. The molecule has 1 heteroatoms. The SMILES string of the molecule is C=C(C)c1cc(C)ccc1OCc1ccccc1C. The molecule has 0 fully saturated rings. The normalized spacial score (nSPS) is 10.3. The van der Waals surface area contributed by atoms with Gasteiger partial charge >= 0.3 is 0 Å². The summed E-state index contributed by atoms with van der Waals surface area (Å²) in [6.07, 6.45) is 0. The highest BCUT2D eigenvalue weighted by atomic mass is 16.5. The third-order valence-electron chi connectivity index (χ3n) is 3.24. The number of hydrogen-bond donors (Lipinski definition) is 0. The summed E-state index contributed by atoms with van der Waals surface area (Å²) in [7, 11) is 0. The Balaban J connectivity index is 2.20. The minimum Gasteiger partial charge on any atom is -0.488 e. The molecule has 98 valence electrons. The van der Waals surface area contributed by atoms with E-state index in [2.05, 4.69) is 44.7 Å². The zero-order valence-electron chi connectivity index (χ0n) is 11.9. The number of allylic oxidation sites excluding steroid dienone is 1. The topological polar surface area (TPSA) is 9.23 Å². The maximum Gasteiger partial charge on any atom is 0.127 e. The number of hydrogen-bond acceptors (Lipinski definition) is 1. The van der Waals surface area contributed by atoms with Gasteiger partial charge in [0.2, 0.25) is 0 Å². The van der Waals surface area contributed by atoms with Crippen molar-refractivity contribution in [1.29, 1.82) is 0 Å². The highest BCUT2D eigenvalue weighted by Gasteiger charge is 2.06. The highest BCUT2D eigenvalue weighted by molar-refractivity contribution is 5.67. The summed E-state index contributed by atoms with van der Waals surface area (Å²) in [6, 6.07) is 14.5. The standard InChI is InChI=1S/C18H20O/c1-13(2)17-11-14(3)9-10-18(17)19-12-16-8-6-5-7-15(16)4/h5-11H,1,12H2,2-4H3. The van der Waals surface area contributed by atoms with Gasteiger partial charge in [-0.3, -0.25) is 0 Å². The maximum absolute atomic E-state index is 5.96. The van der Waals surface area contributed by atoms with Gasteiger partial charge in [-0.05, 0) is 49.6 Å². The Hall–Kier alpha value is -2.02. The second-order valence-corrected chi connectivity index (χ2v) is 5.00. The molecule has 2 aromatic carbocycles. The first-order valence-electron chi connectivity index (χ1n) is 6.52. The molecule has 2 rings (SSSR count). The van der Waals surface area contributed by atoms with Gasteiger partial charge in [0.15, 0.2) is 0 Å². The van der Waals surface area contributed by atoms with Crippen LogP contribution in [0.5, 0.6) is 5.75 Å². The van der Waals surface area contributed by atoms with Crippen LogP contribution in [-0.2, 0) is 6.61 Å². The first-order valence-corrected chi connectivity index (χ1v) is 6.52. The largest absolute Gasteiger partial charge is 0.488 e. The quantitative estimate of drug-likeness (QED) is 0.750. The molecule has 0 saturated heterocycles. The third-order valence-corrected chi connectivity index (χ3v) is 3.24. The van der Waals surface area contributed by atoms with E-state index in [0.29, 0.717) is 6.61 Å². The van der Waals surface area contributed by atoms with E-state index in [0.717, 1.165) is 16.9 Å². The van der Waals surface area contributed by atoms with E-state index in [9.17, 15) is 0 Å². The molecule has 19 heavy (non-hydrogen) atoms. The third kappa shape index (κ3) is 3.25. The van der Waals surface area contributed by atoms with Crippen LogP contribution in [0.1, 0.15) is 29.2 Å². The second kappa shape index (κ2) is 5.75. The smallest absolute Gasteiger partial charge is 0.127 e. The molecule has 0 N–H and O–H groups in total. The molecule has 0 aliphatic carbocycles. The Labute approximate surface area is 115 Å². The Morgan fingerprint density at radius 2 is 1.84 bits per heavy atom. The van der Waals surface area contributed by atoms with Crippen molar-refractivity contribution in [3.05, 3.63) is 71.3 Å². The van der Waals surface area contributed by atoms with Crippen molar-refractivity contribution in [2.24, 2.45) is 0 Å². The first-order chi connectivity index (χ1) is 9.08. The molecule has 0 radical (unpaired) electrons. The van der Waals surface area contributed by atoms with E-state index in [-0.39, 0.29) is 0 Å². The van der Waals surface area contributed by atoms with Gasteiger partial charge in [-0.25, -0.2) is 0 Å². The predicted molar refractivity (Wildman–Crippen MR) is 81.4 cm³/mol. The summed E-state index contributed by atoms with van der Waals surface area (Å²) < 4.78 is 5.96. The molecule has 1 nitrogen and oxygen atoms in total. The van der Waals surface area contributed by atoms with Crippen LogP contribution in [0.3, 0.4) is 0 Å². The molecule has 0 saturated carbocycles. The Morgan fingerprint density at radius 1 is 1.11 bits per heavy atom. The summed E-state index contributed by atoms with van der Waals surface area (Å²) in [4.78, 5) is 0. The summed E-state index contributed by atoms with van der Waals surface area (Å²) in [5, 5.41) is 0. The number of rotatable bonds is 4. The van der Waals surface area contributed by atoms with Gasteiger partial charge in [0.25, 0.3) is 0 Å². The molecular weight excluding hydrogens is 232 g/mol. The number of benzene rings is 2. The lowest BCUT2D eigenvalue weighted by Crippen LogP contribution is -2.00. The van der Waals surface area contributed by atoms with Gasteiger partial charge in [0.05, 0.1) is 0 Å². The maximum atomic E-state index is 5.96. The van der Waals surface area contributed by atoms with E-state index in [1.807, 2.05) is 25.1 Å². The summed E-state index contributed by atoms with van der Waals surface area (Å²) >= 11 is 0. The Morgan fingerprint density at radius 3 is 2.53 bits per heavy atom. The highest BCUT2D eigenvalue weighted by Crippen LogP contribution is 2.27. The number of ether oxygens (including phenoxy) is 1. The molecule has 0 spiro atoms. The lowest BCUT2D eigenvalue weighted by molar-refractivity contribution is 0.304. The van der Waals surface area contributed by atoms with Gasteiger partial charge in [0.1, 0.15) is 12.4 Å². The van der Waals surface area contributed by atoms with E-state index < -0.39 is 0 Å². The van der Waals surface area contributed by atoms with Crippen LogP contribution < -0.4 is 4.74 Å². The lowest BCUT2D eigenvalue weighted by Gasteiger charge is -2.13. The predicted octanol–water partition coefficient (Wildman–Crippen LogP) is 4.92. The van der Waals surface area contributed by atoms with Crippen LogP contribution in [0.4, 0.5) is 0 Å². The summed E-state index contributed by atoms with van der Waals surface area (Å²) in [5.74, 6) is 0.904. The van der Waals surface area contributed by atoms with Gasteiger partial charge < -0.3 is 4.74 Å². The molecule has 0 amide bonds. The molecule has 0 bridgehead atoms. The molecular formula is C18H20O. The van der Waals surface area contributed by atoms with Crippen LogP contribution in [0, 0.1) is 13.8 Å². The zero-order valence-corrected chi connectivity index (χ0v) is 11.9. The number of aryl methyl sites for hydroxylation is 2. The minimum atomic E-state index is 0.593. The summed E-state index contributed by atoms with van der Waals surface area (Å²) in [6.45, 7) is 10.8. The van der Waals surface area contributed by atoms with Crippen molar-refractivity contribution < 1.29 is 4.74 Å². The fourth-order valence-electron chi connectivity index (χ4n) is 2.03. The van der Waals surface area contributed by atoms with Gasteiger partial charge in [-0.15, -0.1) is 0 Å².